The Hall–Kier alpha value is -4.97. The first-order chi connectivity index (χ1) is 22.3. The van der Waals surface area contributed by atoms with Crippen LogP contribution in [0.2, 0.25) is 0 Å². The van der Waals surface area contributed by atoms with Gasteiger partial charge in [0.05, 0.1) is 28.0 Å². The van der Waals surface area contributed by atoms with Crippen molar-refractivity contribution < 1.29 is 27.1 Å². The van der Waals surface area contributed by atoms with Crippen LogP contribution in [0.15, 0.2) is 88.8 Å². The van der Waals surface area contributed by atoms with Crippen molar-refractivity contribution in [3.8, 4) is 11.4 Å². The van der Waals surface area contributed by atoms with E-state index in [1.165, 1.54) is 26.7 Å². The fourth-order valence-electron chi connectivity index (χ4n) is 5.66. The van der Waals surface area contributed by atoms with E-state index in [0.717, 1.165) is 22.7 Å². The highest BCUT2D eigenvalue weighted by Gasteiger charge is 2.31. The van der Waals surface area contributed by atoms with E-state index in [-0.39, 0.29) is 23.6 Å². The Morgan fingerprint density at radius 1 is 0.979 bits per heavy atom. The van der Waals surface area contributed by atoms with Crippen molar-refractivity contribution in [3.05, 3.63) is 118 Å². The van der Waals surface area contributed by atoms with Crippen LogP contribution in [0.5, 0.6) is 5.75 Å². The number of fused-ring (bicyclic) bond motifs is 3. The molecule has 6 rings (SSSR count). The molecule has 12 heteroatoms. The van der Waals surface area contributed by atoms with Crippen molar-refractivity contribution >= 4 is 27.0 Å². The summed E-state index contributed by atoms with van der Waals surface area (Å²) >= 11 is 0. The summed E-state index contributed by atoms with van der Waals surface area (Å²) in [4.78, 5) is 31.9. The maximum atomic E-state index is 14.3. The molecule has 0 bridgehead atoms. The van der Waals surface area contributed by atoms with Crippen LogP contribution in [-0.2, 0) is 34.2 Å². The van der Waals surface area contributed by atoms with Crippen molar-refractivity contribution in [3.63, 3.8) is 0 Å². The molecule has 0 atom stereocenters. The van der Waals surface area contributed by atoms with Crippen LogP contribution in [0, 0.1) is 12.7 Å². The van der Waals surface area contributed by atoms with Crippen LogP contribution in [0.25, 0.3) is 16.6 Å². The molecular weight excluding hydrogens is 623 g/mol. The van der Waals surface area contributed by atoms with Gasteiger partial charge in [0.2, 0.25) is 0 Å². The summed E-state index contributed by atoms with van der Waals surface area (Å²) in [5.74, 6) is -0.143. The number of amides is 1. The second-order valence-electron chi connectivity index (χ2n) is 12.5. The minimum absolute atomic E-state index is 0.0526. The molecule has 1 amide bonds. The van der Waals surface area contributed by atoms with E-state index in [9.17, 15) is 22.4 Å². The molecule has 3 aromatic heterocycles. The Bertz CT molecular complexity index is 2130. The predicted octanol–water partition coefficient (Wildman–Crippen LogP) is 5.79. The third kappa shape index (κ3) is 6.64. The van der Waals surface area contributed by atoms with Crippen molar-refractivity contribution in [1.82, 2.24) is 18.4 Å². The van der Waals surface area contributed by atoms with Gasteiger partial charge in [0.1, 0.15) is 23.8 Å². The van der Waals surface area contributed by atoms with E-state index in [1.54, 1.807) is 53.6 Å². The summed E-state index contributed by atoms with van der Waals surface area (Å²) in [6.07, 6.45) is 2.93. The number of aromatic nitrogens is 3. The summed E-state index contributed by atoms with van der Waals surface area (Å²) in [6.45, 7) is 8.01. The molecule has 0 aliphatic carbocycles. The Morgan fingerprint density at radius 3 is 2.40 bits per heavy atom. The highest BCUT2D eigenvalue weighted by molar-refractivity contribution is 7.90. The normalized spacial score (nSPS) is 13.7. The number of halogens is 1. The molecule has 0 saturated carbocycles. The SMILES string of the molecule is Cc1ccc(S(=O)(=O)n2c3c(c4ccc(-n5ccc(OCc6ccc(F)cn6)cc5=O)cc42)CCN(C(=O)OC(C)(C)C)CC3)cc1. The lowest BCUT2D eigenvalue weighted by molar-refractivity contribution is 0.0258. The average Bonchev–Trinajstić information content (AvgIpc) is 3.17. The molecule has 2 aromatic carbocycles. The third-order valence-corrected chi connectivity index (χ3v) is 9.69. The summed E-state index contributed by atoms with van der Waals surface area (Å²) in [5.41, 5.74) is 2.72. The largest absolute Gasteiger partial charge is 0.487 e. The van der Waals surface area contributed by atoms with Gasteiger partial charge in [-0.05, 0) is 82.1 Å². The Kier molecular flexibility index (Phi) is 8.39. The number of aryl methyl sites for hydroxylation is 1. The van der Waals surface area contributed by atoms with Crippen LogP contribution < -0.4 is 10.3 Å². The first kappa shape index (κ1) is 32.0. The molecule has 244 valence electrons. The van der Waals surface area contributed by atoms with Gasteiger partial charge < -0.3 is 14.4 Å². The van der Waals surface area contributed by atoms with E-state index >= 15 is 0 Å². The molecule has 0 fully saturated rings. The first-order valence-corrected chi connectivity index (χ1v) is 16.7. The van der Waals surface area contributed by atoms with Gasteiger partial charge in [-0.1, -0.05) is 23.8 Å². The zero-order valence-electron chi connectivity index (χ0n) is 26.6. The molecule has 0 spiro atoms. The quantitative estimate of drug-likeness (QED) is 0.227. The molecule has 1 aliphatic rings. The number of pyridine rings is 2. The van der Waals surface area contributed by atoms with Gasteiger partial charge in [-0.15, -0.1) is 0 Å². The van der Waals surface area contributed by atoms with E-state index in [2.05, 4.69) is 4.98 Å². The summed E-state index contributed by atoms with van der Waals surface area (Å²) in [5, 5.41) is 0.727. The standard InChI is InChI=1S/C35H35FN4O6S/c1-23-5-10-28(11-6-23)47(43,44)40-31-15-17-38(34(42)46-35(2,3)4)16-14-30(31)29-12-9-26(19-32(29)40)39-18-13-27(20-33(39)41)45-22-25-8-7-24(36)21-37-25/h5-13,18-21H,14-17,22H2,1-4H3. The maximum absolute atomic E-state index is 14.3. The molecule has 0 N–H and O–H groups in total. The maximum Gasteiger partial charge on any atom is 0.410 e. The topological polar surface area (TPSA) is 113 Å². The molecule has 0 saturated heterocycles. The van der Waals surface area contributed by atoms with Crippen LogP contribution in [0.1, 0.15) is 43.3 Å². The van der Waals surface area contributed by atoms with Crippen molar-refractivity contribution in [1.29, 1.82) is 0 Å². The van der Waals surface area contributed by atoms with Gasteiger partial charge in [0.25, 0.3) is 15.6 Å². The lowest BCUT2D eigenvalue weighted by Gasteiger charge is -2.26. The summed E-state index contributed by atoms with van der Waals surface area (Å²) < 4.78 is 55.9. The molecule has 10 nitrogen and oxygen atoms in total. The molecule has 0 radical (unpaired) electrons. The molecular formula is C35H35FN4O6S. The second-order valence-corrected chi connectivity index (χ2v) is 14.3. The van der Waals surface area contributed by atoms with Crippen LogP contribution in [-0.4, -0.2) is 51.6 Å². The number of carbonyl (C=O) groups excluding carboxylic acids is 1. The highest BCUT2D eigenvalue weighted by atomic mass is 32.2. The summed E-state index contributed by atoms with van der Waals surface area (Å²) in [6, 6.07) is 17.7. The van der Waals surface area contributed by atoms with Gasteiger partial charge in [-0.25, -0.2) is 21.6 Å². The van der Waals surface area contributed by atoms with E-state index < -0.39 is 27.5 Å². The van der Waals surface area contributed by atoms with Crippen molar-refractivity contribution in [2.75, 3.05) is 13.1 Å². The van der Waals surface area contributed by atoms with Crippen LogP contribution >= 0.6 is 0 Å². The Labute approximate surface area is 272 Å². The second kappa shape index (κ2) is 12.3. The first-order valence-electron chi connectivity index (χ1n) is 15.2. The molecule has 4 heterocycles. The number of ether oxygens (including phenoxy) is 2. The lowest BCUT2D eigenvalue weighted by atomic mass is 10.1. The van der Waals surface area contributed by atoms with Crippen LogP contribution in [0.3, 0.4) is 0 Å². The average molecular weight is 659 g/mol. The zero-order chi connectivity index (χ0) is 33.5. The van der Waals surface area contributed by atoms with Crippen molar-refractivity contribution in [2.24, 2.45) is 0 Å². The molecule has 5 aromatic rings. The summed E-state index contributed by atoms with van der Waals surface area (Å²) in [7, 11) is -4.07. The fourth-order valence-corrected chi connectivity index (χ4v) is 7.25. The number of rotatable bonds is 6. The number of nitrogens with zero attached hydrogens (tertiary/aromatic N) is 4. The zero-order valence-corrected chi connectivity index (χ0v) is 27.4. The Morgan fingerprint density at radius 2 is 1.72 bits per heavy atom. The lowest BCUT2D eigenvalue weighted by Crippen LogP contribution is -2.38. The smallest absolute Gasteiger partial charge is 0.410 e. The van der Waals surface area contributed by atoms with Gasteiger partial charge in [0, 0.05) is 42.9 Å². The highest BCUT2D eigenvalue weighted by Crippen LogP contribution is 2.34. The Balaban J connectivity index is 1.39. The number of benzene rings is 2. The fraction of sp³-hybridized carbons (Fsp3) is 0.286. The van der Waals surface area contributed by atoms with Crippen LogP contribution in [0.4, 0.5) is 9.18 Å². The third-order valence-electron chi connectivity index (χ3n) is 7.92. The van der Waals surface area contributed by atoms with Gasteiger partial charge >= 0.3 is 6.09 Å². The van der Waals surface area contributed by atoms with E-state index in [1.807, 2.05) is 33.8 Å². The predicted molar refractivity (Wildman–Crippen MR) is 175 cm³/mol. The molecule has 47 heavy (non-hydrogen) atoms. The van der Waals surface area contributed by atoms with E-state index in [0.29, 0.717) is 47.7 Å². The van der Waals surface area contributed by atoms with Crippen molar-refractivity contribution in [2.45, 2.75) is 57.6 Å². The minimum atomic E-state index is -4.07. The number of hydrogen-bond donors (Lipinski definition) is 0. The molecule has 1 aliphatic heterocycles. The monoisotopic (exact) mass is 658 g/mol. The van der Waals surface area contributed by atoms with Gasteiger partial charge in [-0.3, -0.25) is 14.3 Å². The molecule has 0 unspecified atom stereocenters. The minimum Gasteiger partial charge on any atom is -0.487 e. The van der Waals surface area contributed by atoms with Gasteiger partial charge in [0.15, 0.2) is 0 Å². The number of hydrogen-bond acceptors (Lipinski definition) is 7. The van der Waals surface area contributed by atoms with Gasteiger partial charge in [-0.2, -0.15) is 0 Å². The number of carbonyl (C=O) groups is 1. The van der Waals surface area contributed by atoms with E-state index in [4.69, 9.17) is 9.47 Å².